The van der Waals surface area contributed by atoms with E-state index in [-0.39, 0.29) is 59.5 Å². The topological polar surface area (TPSA) is 210 Å². The van der Waals surface area contributed by atoms with E-state index >= 15 is 0 Å². The van der Waals surface area contributed by atoms with E-state index in [0.29, 0.717) is 65.1 Å². The Bertz CT molecular complexity index is 2330. The second kappa shape index (κ2) is 20.8. The van der Waals surface area contributed by atoms with E-state index in [1.807, 2.05) is 38.3 Å². The smallest absolute Gasteiger partial charge is 0.274 e. The fraction of sp³-hybridized carbons (Fsp3) is 0.467. The highest BCUT2D eigenvalue weighted by Gasteiger charge is 2.39. The van der Waals surface area contributed by atoms with Crippen LogP contribution in [-0.2, 0) is 29.6 Å². The van der Waals surface area contributed by atoms with E-state index in [9.17, 15) is 28.8 Å². The fourth-order valence-corrected chi connectivity index (χ4v) is 8.77. The lowest BCUT2D eigenvalue weighted by Crippen LogP contribution is -2.52. The number of imide groups is 1. The van der Waals surface area contributed by atoms with Gasteiger partial charge in [0.25, 0.3) is 23.3 Å². The van der Waals surface area contributed by atoms with Crippen LogP contribution in [0.15, 0.2) is 47.4 Å². The van der Waals surface area contributed by atoms with Crippen LogP contribution in [0.4, 0.5) is 5.69 Å². The van der Waals surface area contributed by atoms with Crippen molar-refractivity contribution in [3.63, 3.8) is 0 Å². The summed E-state index contributed by atoms with van der Waals surface area (Å²) in [7, 11) is 1.66. The number of nitrogens with one attached hydrogen (secondary N) is 5. The third kappa shape index (κ3) is 10.1. The molecule has 1 unspecified atom stereocenters. The molecule has 61 heavy (non-hydrogen) atoms. The van der Waals surface area contributed by atoms with E-state index in [1.165, 1.54) is 16.5 Å². The van der Waals surface area contributed by atoms with Crippen molar-refractivity contribution in [3.05, 3.63) is 80.9 Å². The normalized spacial score (nSPS) is 16.4. The van der Waals surface area contributed by atoms with Gasteiger partial charge in [-0.15, -0.1) is 0 Å². The Kier molecular flexibility index (Phi) is 15.3. The zero-order valence-corrected chi connectivity index (χ0v) is 36.4. The largest absolute Gasteiger partial charge is 0.490 e. The number of pyridine rings is 1. The average Bonchev–Trinajstić information content (AvgIpc) is 3.86. The number of anilines is 1. The Hall–Kier alpha value is -5.61. The molecule has 0 spiro atoms. The number of hydrogen-bond acceptors (Lipinski definition) is 10. The molecule has 4 aromatic rings. The first-order valence-electron chi connectivity index (χ1n) is 21.5. The summed E-state index contributed by atoms with van der Waals surface area (Å²) in [6, 6.07) is 10.4. The number of unbranched alkanes of at least 4 members (excludes halogenated alkanes) is 2. The molecule has 2 aromatic carbocycles. The number of carbonyl (C=O) groups is 5. The van der Waals surface area contributed by atoms with Crippen LogP contribution < -0.4 is 36.7 Å². The molecule has 1 saturated carbocycles. The van der Waals surface area contributed by atoms with Gasteiger partial charge in [-0.25, -0.2) is 0 Å². The summed E-state index contributed by atoms with van der Waals surface area (Å²) in [6.07, 6.45) is 12.3. The fourth-order valence-electron chi connectivity index (χ4n) is 8.38. The molecule has 2 fully saturated rings. The summed E-state index contributed by atoms with van der Waals surface area (Å²) in [5.74, 6) is -1.01. The first kappa shape index (κ1) is 44.9. The van der Waals surface area contributed by atoms with Crippen molar-refractivity contribution >= 4 is 58.1 Å². The Morgan fingerprint density at radius 1 is 0.918 bits per heavy atom. The van der Waals surface area contributed by atoms with Crippen LogP contribution in [0.2, 0.25) is 0 Å². The van der Waals surface area contributed by atoms with Crippen molar-refractivity contribution in [2.75, 3.05) is 30.6 Å². The molecule has 1 saturated heterocycles. The molecule has 1 atom stereocenters. The van der Waals surface area contributed by atoms with E-state index < -0.39 is 11.9 Å². The Morgan fingerprint density at radius 2 is 1.69 bits per heavy atom. The summed E-state index contributed by atoms with van der Waals surface area (Å²) in [4.78, 5) is 82.2. The number of aromatic nitrogens is 2. The van der Waals surface area contributed by atoms with Crippen LogP contribution in [0.5, 0.6) is 5.75 Å². The molecule has 5 amide bonds. The van der Waals surface area contributed by atoms with Gasteiger partial charge in [0.05, 0.1) is 17.4 Å². The summed E-state index contributed by atoms with van der Waals surface area (Å²) in [5, 5.41) is 8.78. The Labute approximate surface area is 360 Å². The van der Waals surface area contributed by atoms with Gasteiger partial charge in [0.15, 0.2) is 0 Å². The number of nitrogens with two attached hydrogens (primary N) is 1. The van der Waals surface area contributed by atoms with Gasteiger partial charge in [0.1, 0.15) is 23.0 Å². The number of ether oxygens (including phenoxy) is 1. The second-order valence-electron chi connectivity index (χ2n) is 15.5. The van der Waals surface area contributed by atoms with Crippen molar-refractivity contribution < 1.29 is 28.7 Å². The average molecular weight is 855 g/mol. The van der Waals surface area contributed by atoms with E-state index in [4.69, 9.17) is 10.5 Å². The summed E-state index contributed by atoms with van der Waals surface area (Å²) < 4.78 is 11.5. The van der Waals surface area contributed by atoms with Crippen LogP contribution in [-0.4, -0.2) is 82.0 Å². The molecule has 16 heteroatoms. The third-order valence-corrected chi connectivity index (χ3v) is 11.9. The lowest BCUT2D eigenvalue weighted by atomic mass is 9.96. The highest BCUT2D eigenvalue weighted by molar-refractivity contribution is 7.99. The molecule has 1 aliphatic carbocycles. The number of hydrogen-bond donors (Lipinski definition) is 6. The zero-order valence-electron chi connectivity index (χ0n) is 35.5. The monoisotopic (exact) mass is 854 g/mol. The van der Waals surface area contributed by atoms with Gasteiger partial charge in [-0.3, -0.25) is 34.1 Å². The lowest BCUT2D eigenvalue weighted by Gasteiger charge is -2.29. The van der Waals surface area contributed by atoms with E-state index in [2.05, 4.69) is 25.7 Å². The quantitative estimate of drug-likeness (QED) is 0.0470. The molecular weight excluding hydrogens is 797 g/mol. The zero-order chi connectivity index (χ0) is 43.6. The molecule has 0 radical (unpaired) electrons. The van der Waals surface area contributed by atoms with Crippen molar-refractivity contribution in [3.8, 4) is 16.9 Å². The Morgan fingerprint density at radius 3 is 2.43 bits per heavy atom. The number of H-pyrrole nitrogens is 1. The van der Waals surface area contributed by atoms with Gasteiger partial charge >= 0.3 is 0 Å². The number of carbonyl (C=O) groups excluding carboxylic acids is 5. The van der Waals surface area contributed by atoms with Gasteiger partial charge in [-0.05, 0) is 86.8 Å². The van der Waals surface area contributed by atoms with Crippen molar-refractivity contribution in [2.24, 2.45) is 12.8 Å². The minimum Gasteiger partial charge on any atom is -0.490 e. The molecule has 15 nitrogen and oxygen atoms in total. The van der Waals surface area contributed by atoms with Gasteiger partial charge in [0, 0.05) is 74.2 Å². The highest BCUT2D eigenvalue weighted by Crippen LogP contribution is 2.40. The number of benzene rings is 2. The van der Waals surface area contributed by atoms with Crippen LogP contribution in [0.3, 0.4) is 0 Å². The standard InChI is InChI=1S/C43H52N8O7S.C2H6/c1-50-23-32(29-21-34(40(54)46-19-17-44)47-38(29)43(50)57)28-20-33(49-59-2)30(22-36(28)58-26-12-6-3-7-13-26)39(53)45-18-8-4-5-10-25-11-9-14-27-31(25)24-51(42(27)56)35-15-16-37(52)48-41(35)55;1-2/h9,11,14,20-23,26,35,47,49H,3-8,10,12-13,15-19,24,44H2,1-2H3,(H,45,53)(H,46,54)(H,48,52,55);1-2H3. The highest BCUT2D eigenvalue weighted by atomic mass is 32.2. The van der Waals surface area contributed by atoms with Crippen molar-refractivity contribution in [1.82, 2.24) is 30.4 Å². The molecule has 2 aliphatic heterocycles. The number of aryl methyl sites for hydroxylation is 2. The van der Waals surface area contributed by atoms with E-state index in [0.717, 1.165) is 68.9 Å². The molecule has 2 aromatic heterocycles. The predicted molar refractivity (Wildman–Crippen MR) is 239 cm³/mol. The number of aromatic amines is 1. The lowest BCUT2D eigenvalue weighted by molar-refractivity contribution is -0.136. The molecule has 3 aliphatic rings. The molecule has 7 rings (SSSR count). The Balaban J connectivity index is 0.00000307. The minimum absolute atomic E-state index is 0.0333. The molecule has 4 heterocycles. The number of piperidine rings is 1. The summed E-state index contributed by atoms with van der Waals surface area (Å²) >= 11 is 1.35. The summed E-state index contributed by atoms with van der Waals surface area (Å²) in [6.45, 7) is 5.36. The minimum atomic E-state index is -0.653. The number of rotatable bonds is 16. The summed E-state index contributed by atoms with van der Waals surface area (Å²) in [5.41, 5.74) is 10.8. The maximum Gasteiger partial charge on any atom is 0.274 e. The van der Waals surface area contributed by atoms with Crippen molar-refractivity contribution in [2.45, 2.75) is 103 Å². The number of amides is 5. The van der Waals surface area contributed by atoms with E-state index in [1.54, 1.807) is 36.3 Å². The maximum absolute atomic E-state index is 13.9. The van der Waals surface area contributed by atoms with Gasteiger partial charge < -0.3 is 40.3 Å². The van der Waals surface area contributed by atoms with Gasteiger partial charge in [-0.2, -0.15) is 0 Å². The molecular formula is C45H58N8O7S. The predicted octanol–water partition coefficient (Wildman–Crippen LogP) is 5.55. The van der Waals surface area contributed by atoms with Crippen LogP contribution >= 0.6 is 11.9 Å². The number of nitrogens with zero attached hydrogens (tertiary/aromatic N) is 2. The molecule has 0 bridgehead atoms. The third-order valence-electron chi connectivity index (χ3n) is 11.4. The van der Waals surface area contributed by atoms with Crippen LogP contribution in [0, 0.1) is 0 Å². The SMILES string of the molecule is CC.CSNc1cc(-c2cn(C)c(=O)c3[nH]c(C(=O)NCCN)cc23)c(OC2CCCCC2)cc1C(=O)NCCCCCc1cccc2c1CN(C1CCC(=O)NC1=O)C2=O. The first-order valence-corrected chi connectivity index (χ1v) is 22.7. The van der Waals surface area contributed by atoms with Gasteiger partial charge in [-0.1, -0.05) is 50.8 Å². The molecule has 326 valence electrons. The number of fused-ring (bicyclic) bond motifs is 2. The molecule has 7 N–H and O–H groups in total. The second-order valence-corrected chi connectivity index (χ2v) is 16.1. The van der Waals surface area contributed by atoms with Crippen LogP contribution in [0.1, 0.15) is 120 Å². The maximum atomic E-state index is 13.9. The first-order chi connectivity index (χ1) is 29.6. The van der Waals surface area contributed by atoms with Gasteiger partial charge in [0.2, 0.25) is 11.8 Å². The van der Waals surface area contributed by atoms with Crippen LogP contribution in [0.25, 0.3) is 22.0 Å². The van der Waals surface area contributed by atoms with Crippen molar-refractivity contribution in [1.29, 1.82) is 0 Å².